The molecule has 5 heteroatoms. The van der Waals surface area contributed by atoms with E-state index in [0.29, 0.717) is 16.9 Å². The van der Waals surface area contributed by atoms with Crippen molar-refractivity contribution in [1.82, 2.24) is 0 Å². The van der Waals surface area contributed by atoms with Crippen LogP contribution in [0.5, 0.6) is 5.75 Å². The molecule has 1 N–H and O–H groups in total. The largest absolute Gasteiger partial charge is 0.497 e. The van der Waals surface area contributed by atoms with Gasteiger partial charge >= 0.3 is 0 Å². The van der Waals surface area contributed by atoms with Crippen LogP contribution in [0.25, 0.3) is 0 Å². The number of rotatable bonds is 4. The van der Waals surface area contributed by atoms with Crippen molar-refractivity contribution in [3.8, 4) is 5.75 Å². The number of non-ortho nitro benzene ring substituents is 1. The number of ether oxygens (including phenoxy) is 1. The number of nitrogens with zero attached hydrogens (tertiary/aromatic N) is 1. The lowest BCUT2D eigenvalue weighted by Gasteiger charge is -2.05. The Kier molecular flexibility index (Phi) is 3.56. The quantitative estimate of drug-likeness (QED) is 0.519. The maximum Gasteiger partial charge on any atom is 0.270 e. The van der Waals surface area contributed by atoms with Gasteiger partial charge in [0.15, 0.2) is 0 Å². The van der Waals surface area contributed by atoms with Gasteiger partial charge in [-0.1, -0.05) is 12.1 Å². The second kappa shape index (κ2) is 5.30. The first-order chi connectivity index (χ1) is 9.11. The summed E-state index contributed by atoms with van der Waals surface area (Å²) in [6.45, 7) is 0. The standard InChI is InChI=1S/C14H12N2O3/c1-19-13-7-5-10(6-8-13)14(15)11-3-2-4-12(9-11)16(17)18/h2-9,15H,1H3. The first-order valence-electron chi connectivity index (χ1n) is 5.59. The van der Waals surface area contributed by atoms with Crippen molar-refractivity contribution < 1.29 is 9.66 Å². The van der Waals surface area contributed by atoms with Crippen LogP contribution in [0.4, 0.5) is 5.69 Å². The van der Waals surface area contributed by atoms with Gasteiger partial charge in [0.05, 0.1) is 17.7 Å². The molecule has 0 saturated carbocycles. The third kappa shape index (κ3) is 2.77. The Balaban J connectivity index is 2.32. The summed E-state index contributed by atoms with van der Waals surface area (Å²) >= 11 is 0. The average Bonchev–Trinajstić information content (AvgIpc) is 2.46. The molecular weight excluding hydrogens is 244 g/mol. The van der Waals surface area contributed by atoms with E-state index < -0.39 is 4.92 Å². The summed E-state index contributed by atoms with van der Waals surface area (Å²) in [5, 5.41) is 18.8. The van der Waals surface area contributed by atoms with Gasteiger partial charge in [0.25, 0.3) is 5.69 Å². The zero-order valence-corrected chi connectivity index (χ0v) is 10.3. The zero-order valence-electron chi connectivity index (χ0n) is 10.3. The molecule has 96 valence electrons. The minimum atomic E-state index is -0.467. The number of nitro benzene ring substituents is 1. The summed E-state index contributed by atoms with van der Waals surface area (Å²) in [6, 6.07) is 13.1. The molecule has 0 aliphatic rings. The number of methoxy groups -OCH3 is 1. The topological polar surface area (TPSA) is 76.2 Å². The van der Waals surface area contributed by atoms with E-state index in [1.54, 1.807) is 43.5 Å². The second-order valence-corrected chi connectivity index (χ2v) is 3.91. The normalized spacial score (nSPS) is 9.95. The van der Waals surface area contributed by atoms with Crippen LogP contribution in [0.3, 0.4) is 0 Å². The summed E-state index contributed by atoms with van der Waals surface area (Å²) < 4.78 is 5.05. The smallest absolute Gasteiger partial charge is 0.270 e. The van der Waals surface area contributed by atoms with Crippen molar-refractivity contribution in [2.24, 2.45) is 0 Å². The summed E-state index contributed by atoms with van der Waals surface area (Å²) in [6.07, 6.45) is 0. The highest BCUT2D eigenvalue weighted by Crippen LogP contribution is 2.18. The van der Waals surface area contributed by atoms with Crippen LogP contribution < -0.4 is 4.74 Å². The maximum absolute atomic E-state index is 10.7. The third-order valence-electron chi connectivity index (χ3n) is 2.72. The molecule has 5 nitrogen and oxygen atoms in total. The van der Waals surface area contributed by atoms with Gasteiger partial charge in [0.1, 0.15) is 5.75 Å². The molecule has 0 aromatic heterocycles. The number of hydrogen-bond donors (Lipinski definition) is 1. The average molecular weight is 256 g/mol. The summed E-state index contributed by atoms with van der Waals surface area (Å²) in [5.41, 5.74) is 1.42. The lowest BCUT2D eigenvalue weighted by Crippen LogP contribution is -2.02. The van der Waals surface area contributed by atoms with Gasteiger partial charge in [-0.05, 0) is 24.3 Å². The van der Waals surface area contributed by atoms with E-state index in [1.165, 1.54) is 12.1 Å². The van der Waals surface area contributed by atoms with Gasteiger partial charge in [-0.3, -0.25) is 15.5 Å². The van der Waals surface area contributed by atoms with Gasteiger partial charge in [0.2, 0.25) is 0 Å². The molecule has 0 fully saturated rings. The number of nitro groups is 1. The van der Waals surface area contributed by atoms with Crippen molar-refractivity contribution in [2.75, 3.05) is 7.11 Å². The van der Waals surface area contributed by atoms with Crippen molar-refractivity contribution in [1.29, 1.82) is 5.41 Å². The van der Waals surface area contributed by atoms with Crippen LogP contribution in [-0.2, 0) is 0 Å². The van der Waals surface area contributed by atoms with Crippen LogP contribution in [0.1, 0.15) is 11.1 Å². The van der Waals surface area contributed by atoms with Crippen molar-refractivity contribution in [3.05, 3.63) is 69.8 Å². The van der Waals surface area contributed by atoms with E-state index >= 15 is 0 Å². The molecule has 0 saturated heterocycles. The molecule has 0 aliphatic carbocycles. The lowest BCUT2D eigenvalue weighted by molar-refractivity contribution is -0.384. The van der Waals surface area contributed by atoms with Gasteiger partial charge < -0.3 is 4.74 Å². The Morgan fingerprint density at radius 1 is 1.16 bits per heavy atom. The predicted molar refractivity (Wildman–Crippen MR) is 72.0 cm³/mol. The molecular formula is C14H12N2O3. The van der Waals surface area contributed by atoms with Crippen molar-refractivity contribution >= 4 is 11.4 Å². The van der Waals surface area contributed by atoms with Gasteiger partial charge in [-0.15, -0.1) is 0 Å². The molecule has 0 heterocycles. The molecule has 2 aromatic carbocycles. The first-order valence-corrected chi connectivity index (χ1v) is 5.59. The predicted octanol–water partition coefficient (Wildman–Crippen LogP) is 3.02. The van der Waals surface area contributed by atoms with E-state index in [9.17, 15) is 10.1 Å². The van der Waals surface area contributed by atoms with Gasteiger partial charge in [-0.25, -0.2) is 0 Å². The molecule has 2 aromatic rings. The van der Waals surface area contributed by atoms with Crippen LogP contribution in [0.15, 0.2) is 48.5 Å². The second-order valence-electron chi connectivity index (χ2n) is 3.91. The maximum atomic E-state index is 10.7. The molecule has 19 heavy (non-hydrogen) atoms. The molecule has 0 unspecified atom stereocenters. The van der Waals surface area contributed by atoms with E-state index in [4.69, 9.17) is 10.1 Å². The number of hydrogen-bond acceptors (Lipinski definition) is 4. The van der Waals surface area contributed by atoms with Crippen LogP contribution in [0, 0.1) is 15.5 Å². The fraction of sp³-hybridized carbons (Fsp3) is 0.0714. The molecule has 0 atom stereocenters. The number of nitrogens with one attached hydrogen (secondary N) is 1. The fourth-order valence-electron chi connectivity index (χ4n) is 1.70. The Morgan fingerprint density at radius 2 is 1.84 bits per heavy atom. The Hall–Kier alpha value is -2.69. The van der Waals surface area contributed by atoms with Crippen LogP contribution >= 0.6 is 0 Å². The molecule has 0 spiro atoms. The SMILES string of the molecule is COc1ccc(C(=N)c2cccc([N+](=O)[O-])c2)cc1. The summed E-state index contributed by atoms with van der Waals surface area (Å²) in [4.78, 5) is 10.2. The highest BCUT2D eigenvalue weighted by Gasteiger charge is 2.10. The first kappa shape index (κ1) is 12.8. The van der Waals surface area contributed by atoms with Gasteiger partial charge in [0, 0.05) is 23.3 Å². The van der Waals surface area contributed by atoms with Crippen molar-refractivity contribution in [2.45, 2.75) is 0 Å². The molecule has 0 amide bonds. The van der Waals surface area contributed by atoms with E-state index in [1.807, 2.05) is 0 Å². The highest BCUT2D eigenvalue weighted by molar-refractivity contribution is 6.11. The third-order valence-corrected chi connectivity index (χ3v) is 2.72. The summed E-state index contributed by atoms with van der Waals surface area (Å²) in [5.74, 6) is 0.704. The van der Waals surface area contributed by atoms with E-state index in [0.717, 1.165) is 0 Å². The van der Waals surface area contributed by atoms with Crippen LogP contribution in [-0.4, -0.2) is 17.7 Å². The lowest BCUT2D eigenvalue weighted by atomic mass is 10.0. The minimum absolute atomic E-state index is 0.0178. The van der Waals surface area contributed by atoms with Crippen molar-refractivity contribution in [3.63, 3.8) is 0 Å². The molecule has 0 aliphatic heterocycles. The van der Waals surface area contributed by atoms with E-state index in [2.05, 4.69) is 0 Å². The van der Waals surface area contributed by atoms with E-state index in [-0.39, 0.29) is 11.4 Å². The Morgan fingerprint density at radius 3 is 2.42 bits per heavy atom. The number of benzene rings is 2. The molecule has 0 radical (unpaired) electrons. The highest BCUT2D eigenvalue weighted by atomic mass is 16.6. The molecule has 0 bridgehead atoms. The fourth-order valence-corrected chi connectivity index (χ4v) is 1.70. The zero-order chi connectivity index (χ0) is 13.8. The summed E-state index contributed by atoms with van der Waals surface area (Å²) in [7, 11) is 1.57. The monoisotopic (exact) mass is 256 g/mol. The Bertz CT molecular complexity index is 621. The Labute approximate surface area is 110 Å². The molecule has 2 rings (SSSR count). The van der Waals surface area contributed by atoms with Crippen LogP contribution in [0.2, 0.25) is 0 Å². The minimum Gasteiger partial charge on any atom is -0.497 e. The van der Waals surface area contributed by atoms with Gasteiger partial charge in [-0.2, -0.15) is 0 Å².